The van der Waals surface area contributed by atoms with E-state index in [1.54, 1.807) is 0 Å². The second-order valence-corrected chi connectivity index (χ2v) is 8.76. The Kier molecular flexibility index (Phi) is 0.121. The van der Waals surface area contributed by atoms with Gasteiger partial charge in [0.1, 0.15) is 0 Å². The van der Waals surface area contributed by atoms with Crippen molar-refractivity contribution in [2.45, 2.75) is 10.6 Å². The summed E-state index contributed by atoms with van der Waals surface area (Å²) in [7, 11) is 0.391. The Morgan fingerprint density at radius 1 is 1.60 bits per heavy atom. The van der Waals surface area contributed by atoms with Crippen LogP contribution in [0.4, 0.5) is 4.39 Å². The predicted molar refractivity (Wildman–Crippen MR) is 21.5 cm³/mol. The van der Waals surface area contributed by atoms with E-state index in [1.807, 2.05) is 0 Å². The first kappa shape index (κ1) is 2.19. The summed E-state index contributed by atoms with van der Waals surface area (Å²) in [6.07, 6.45) is 0. The molecule has 0 nitrogen and oxygen atoms in total. The molecule has 0 aliphatic carbocycles. The largest absolute Gasteiger partial charge is 0.232 e. The van der Waals surface area contributed by atoms with Gasteiger partial charge < -0.3 is 0 Å². The van der Waals surface area contributed by atoms with Crippen molar-refractivity contribution in [3.8, 4) is 0 Å². The van der Waals surface area contributed by atoms with Crippen LogP contribution < -0.4 is 0 Å². The number of rotatable bonds is 0. The Balaban J connectivity index is 2.55. The number of alkyl halides is 1. The van der Waals surface area contributed by atoms with Crippen molar-refractivity contribution < 1.29 is 4.39 Å². The molecule has 0 radical (unpaired) electrons. The molecule has 0 aromatic heterocycles. The fourth-order valence-corrected chi connectivity index (χ4v) is 8.92. The molecular weight excluding hydrogens is 105 g/mol. The molecule has 26 valence electrons. The third-order valence-corrected chi connectivity index (χ3v) is 10.2. The van der Waals surface area contributed by atoms with Crippen LogP contribution in [0.15, 0.2) is 0 Å². The van der Waals surface area contributed by atoms with Gasteiger partial charge in [0, 0.05) is 0 Å². The lowest BCUT2D eigenvalue weighted by Crippen LogP contribution is -1.53. The van der Waals surface area contributed by atoms with Gasteiger partial charge in [0.15, 0.2) is 5.15 Å². The Labute approximate surface area is 31.1 Å². The average molecular weight is 106 g/mol. The minimum absolute atomic E-state index is 0.196. The standard InChI is InChI=1S/C2HFP2/c3-2-1-4(2)5(1)2/h1H. The van der Waals surface area contributed by atoms with Crippen LogP contribution in [-0.2, 0) is 0 Å². The predicted octanol–water partition coefficient (Wildman–Crippen LogP) is 1.86. The molecule has 3 heteroatoms. The smallest absolute Gasteiger partial charge is 0.168 e. The van der Waals surface area contributed by atoms with E-state index in [4.69, 9.17) is 0 Å². The van der Waals surface area contributed by atoms with Gasteiger partial charge in [-0.3, -0.25) is 0 Å². The van der Waals surface area contributed by atoms with E-state index in [1.165, 1.54) is 0 Å². The SMILES string of the molecule is FC12C3P1P32. The van der Waals surface area contributed by atoms with Crippen molar-refractivity contribution in [1.29, 1.82) is 0 Å². The summed E-state index contributed by atoms with van der Waals surface area (Å²) in [4.78, 5) is 0. The fraction of sp³-hybridized carbons (Fsp3) is 1.00. The zero-order chi connectivity index (χ0) is 3.23. The van der Waals surface area contributed by atoms with Crippen LogP contribution in [0.5, 0.6) is 0 Å². The van der Waals surface area contributed by atoms with Crippen molar-refractivity contribution in [2.75, 3.05) is 0 Å². The van der Waals surface area contributed by atoms with Crippen molar-refractivity contribution >= 4 is 15.2 Å². The summed E-state index contributed by atoms with van der Waals surface area (Å²) in [6, 6.07) is 0. The van der Waals surface area contributed by atoms with Crippen molar-refractivity contribution in [1.82, 2.24) is 0 Å². The molecule has 0 aromatic rings. The van der Waals surface area contributed by atoms with Gasteiger partial charge in [0.2, 0.25) is 0 Å². The molecule has 2 atom stereocenters. The van der Waals surface area contributed by atoms with Gasteiger partial charge in [-0.1, -0.05) is 0 Å². The highest BCUT2D eigenvalue weighted by atomic mass is 32.2. The van der Waals surface area contributed by atoms with Gasteiger partial charge in [0.05, 0.1) is 5.40 Å². The second kappa shape index (κ2) is 0.276. The molecule has 0 N–H and O–H groups in total. The average Bonchev–Trinajstić information content (AvgIpc) is 1.63. The summed E-state index contributed by atoms with van der Waals surface area (Å²) < 4.78 is 12.0. The summed E-state index contributed by atoms with van der Waals surface area (Å²) in [6.45, 7) is 0. The highest BCUT2D eigenvalue weighted by Gasteiger charge is 3.13. The Morgan fingerprint density at radius 2 is 1.80 bits per heavy atom. The molecular formula is C2HFP2. The van der Waals surface area contributed by atoms with E-state index in [9.17, 15) is 4.39 Å². The van der Waals surface area contributed by atoms with E-state index in [0.29, 0.717) is 0 Å². The zero-order valence-corrected chi connectivity index (χ0v) is 4.14. The molecule has 4 fully saturated rings. The molecule has 4 heterocycles. The van der Waals surface area contributed by atoms with Crippen LogP contribution in [0.1, 0.15) is 0 Å². The first-order valence-corrected chi connectivity index (χ1v) is 5.17. The Bertz CT molecular complexity index is 95.0. The van der Waals surface area contributed by atoms with Crippen LogP contribution in [0.3, 0.4) is 0 Å². The fourth-order valence-electron chi connectivity index (χ4n) is 0.713. The highest BCUT2D eigenvalue weighted by molar-refractivity contribution is 8.73. The molecule has 0 bridgehead atoms. The molecule has 0 amide bonds. The molecule has 4 aliphatic rings. The van der Waals surface area contributed by atoms with Crippen LogP contribution >= 0.6 is 15.2 Å². The minimum atomic E-state index is -0.370. The second-order valence-electron chi connectivity index (χ2n) is 1.70. The van der Waals surface area contributed by atoms with E-state index < -0.39 is 0 Å². The van der Waals surface area contributed by atoms with Gasteiger partial charge in [-0.2, -0.15) is 0 Å². The Morgan fingerprint density at radius 3 is 1.80 bits per heavy atom. The maximum atomic E-state index is 12.0. The normalized spacial score (nSPS) is 104. The third-order valence-electron chi connectivity index (χ3n) is 1.44. The van der Waals surface area contributed by atoms with Crippen LogP contribution in [0, 0.1) is 0 Å². The summed E-state index contributed by atoms with van der Waals surface area (Å²) in [5, 5.41) is 0.373. The van der Waals surface area contributed by atoms with Crippen LogP contribution in [-0.4, -0.2) is 10.6 Å². The van der Waals surface area contributed by atoms with E-state index in [0.717, 1.165) is 5.40 Å². The lowest BCUT2D eigenvalue weighted by molar-refractivity contribution is 0.512. The van der Waals surface area contributed by atoms with Crippen LogP contribution in [0.2, 0.25) is 0 Å². The molecule has 5 heavy (non-hydrogen) atoms. The van der Waals surface area contributed by atoms with Crippen molar-refractivity contribution in [3.05, 3.63) is 0 Å². The minimum Gasteiger partial charge on any atom is -0.232 e. The molecule has 4 rings (SSSR count). The number of hydrogen-bond donors (Lipinski definition) is 0. The first-order valence-electron chi connectivity index (χ1n) is 1.64. The Hall–Kier alpha value is 0.790. The highest BCUT2D eigenvalue weighted by Crippen LogP contribution is 3.46. The molecule has 0 spiro atoms. The van der Waals surface area contributed by atoms with Gasteiger partial charge in [0.25, 0.3) is 0 Å². The first-order chi connectivity index (χ1) is 2.37. The summed E-state index contributed by atoms with van der Waals surface area (Å²) in [5.41, 5.74) is 0. The van der Waals surface area contributed by atoms with E-state index in [-0.39, 0.29) is 20.4 Å². The van der Waals surface area contributed by atoms with E-state index in [2.05, 4.69) is 0 Å². The van der Waals surface area contributed by atoms with Crippen molar-refractivity contribution in [2.24, 2.45) is 0 Å². The third kappa shape index (κ3) is 0.0718. The van der Waals surface area contributed by atoms with E-state index >= 15 is 0 Å². The summed E-state index contributed by atoms with van der Waals surface area (Å²) in [5.74, 6) is 0. The van der Waals surface area contributed by atoms with Gasteiger partial charge >= 0.3 is 0 Å². The lowest BCUT2D eigenvalue weighted by Gasteiger charge is -1.49. The molecule has 4 saturated heterocycles. The van der Waals surface area contributed by atoms with Gasteiger partial charge in [-0.05, 0) is 15.2 Å². The maximum absolute atomic E-state index is 12.0. The van der Waals surface area contributed by atoms with Gasteiger partial charge in [-0.15, -0.1) is 0 Å². The van der Waals surface area contributed by atoms with Gasteiger partial charge in [-0.25, -0.2) is 4.39 Å². The topological polar surface area (TPSA) is 0 Å². The number of halogens is 1. The number of hydrogen-bond acceptors (Lipinski definition) is 0. The van der Waals surface area contributed by atoms with Crippen LogP contribution in [0.25, 0.3) is 0 Å². The molecule has 2 unspecified atom stereocenters. The zero-order valence-electron chi connectivity index (χ0n) is 2.35. The molecule has 4 aliphatic heterocycles. The van der Waals surface area contributed by atoms with Crippen molar-refractivity contribution in [3.63, 3.8) is 0 Å². The molecule has 0 aromatic carbocycles. The lowest BCUT2D eigenvalue weighted by atomic mass is 10.9. The summed E-state index contributed by atoms with van der Waals surface area (Å²) >= 11 is 0. The maximum Gasteiger partial charge on any atom is 0.168 e. The monoisotopic (exact) mass is 106 g/mol. The quantitative estimate of drug-likeness (QED) is 0.413. The molecule has 0 saturated carbocycles.